The van der Waals surface area contributed by atoms with Crippen molar-refractivity contribution in [1.82, 2.24) is 14.3 Å². The maximum atomic E-state index is 12.3. The summed E-state index contributed by atoms with van der Waals surface area (Å²) in [6.07, 6.45) is 2.39. The molecule has 1 amide bonds. The lowest BCUT2D eigenvalue weighted by atomic mass is 10.1. The number of benzene rings is 1. The Balaban J connectivity index is 1.98. The van der Waals surface area contributed by atoms with E-state index >= 15 is 0 Å². The standard InChI is InChI=1S/C15H22ClN3O5S2/c1-11(18-26(23,24)14-7-5-12(16)6-8-14)15(20)17-13-4-3-9-19(10-13)25(2,21)22/h5-8,11,13,18H,3-4,9-10H2,1-2H3,(H,17,20)/t11-,13?/m0/s1. The highest BCUT2D eigenvalue weighted by molar-refractivity contribution is 7.89. The van der Waals surface area contributed by atoms with Crippen LogP contribution in [0.4, 0.5) is 0 Å². The summed E-state index contributed by atoms with van der Waals surface area (Å²) in [5.74, 6) is -0.511. The summed E-state index contributed by atoms with van der Waals surface area (Å²) < 4.78 is 51.5. The smallest absolute Gasteiger partial charge is 0.241 e. The van der Waals surface area contributed by atoms with Crippen molar-refractivity contribution >= 4 is 37.6 Å². The number of piperidine rings is 1. The molecule has 1 fully saturated rings. The van der Waals surface area contributed by atoms with Crippen LogP contribution in [0.2, 0.25) is 5.02 Å². The molecule has 1 unspecified atom stereocenters. The van der Waals surface area contributed by atoms with Crippen LogP contribution in [0.1, 0.15) is 19.8 Å². The van der Waals surface area contributed by atoms with Crippen molar-refractivity contribution in [3.8, 4) is 0 Å². The van der Waals surface area contributed by atoms with Gasteiger partial charge in [0.1, 0.15) is 0 Å². The first kappa shape index (κ1) is 21.1. The molecule has 2 N–H and O–H groups in total. The fourth-order valence-corrected chi connectivity index (χ4v) is 4.90. The summed E-state index contributed by atoms with van der Waals surface area (Å²) in [7, 11) is -7.20. The lowest BCUT2D eigenvalue weighted by molar-refractivity contribution is -0.123. The van der Waals surface area contributed by atoms with Gasteiger partial charge in [-0.25, -0.2) is 21.1 Å². The maximum absolute atomic E-state index is 12.3. The van der Waals surface area contributed by atoms with Gasteiger partial charge in [-0.15, -0.1) is 0 Å². The zero-order chi connectivity index (χ0) is 19.5. The third kappa shape index (κ3) is 5.65. The molecule has 1 aromatic carbocycles. The van der Waals surface area contributed by atoms with Gasteiger partial charge in [-0.05, 0) is 44.0 Å². The van der Waals surface area contributed by atoms with Crippen LogP contribution >= 0.6 is 11.6 Å². The predicted octanol–water partition coefficient (Wildman–Crippen LogP) is 0.547. The van der Waals surface area contributed by atoms with Crippen LogP contribution in [0.5, 0.6) is 0 Å². The van der Waals surface area contributed by atoms with Crippen molar-refractivity contribution in [1.29, 1.82) is 0 Å². The van der Waals surface area contributed by atoms with Gasteiger partial charge in [0.15, 0.2) is 0 Å². The summed E-state index contributed by atoms with van der Waals surface area (Å²) in [4.78, 5) is 12.3. The predicted molar refractivity (Wildman–Crippen MR) is 98.8 cm³/mol. The molecule has 1 aliphatic rings. The number of rotatable bonds is 6. The second-order valence-corrected chi connectivity index (χ2v) is 10.4. The van der Waals surface area contributed by atoms with E-state index < -0.39 is 32.0 Å². The zero-order valence-electron chi connectivity index (χ0n) is 14.5. The molecular weight excluding hydrogens is 402 g/mol. The Hall–Kier alpha value is -1.20. The highest BCUT2D eigenvalue weighted by atomic mass is 35.5. The second-order valence-electron chi connectivity index (χ2n) is 6.27. The molecule has 1 aliphatic heterocycles. The number of carbonyl (C=O) groups excluding carboxylic acids is 1. The SMILES string of the molecule is C[C@H](NS(=O)(=O)c1ccc(Cl)cc1)C(=O)NC1CCCN(S(C)(=O)=O)C1. The van der Waals surface area contributed by atoms with E-state index in [0.717, 1.165) is 6.26 Å². The number of nitrogens with zero attached hydrogens (tertiary/aromatic N) is 1. The molecule has 0 radical (unpaired) electrons. The third-order valence-electron chi connectivity index (χ3n) is 4.05. The van der Waals surface area contributed by atoms with Crippen LogP contribution in [-0.4, -0.2) is 58.5 Å². The summed E-state index contributed by atoms with van der Waals surface area (Å²) in [6, 6.07) is 4.23. The lowest BCUT2D eigenvalue weighted by Gasteiger charge is -2.32. The number of hydrogen-bond donors (Lipinski definition) is 2. The minimum atomic E-state index is -3.87. The Bertz CT molecular complexity index is 856. The maximum Gasteiger partial charge on any atom is 0.241 e. The molecule has 146 valence electrons. The van der Waals surface area contributed by atoms with Gasteiger partial charge in [0.2, 0.25) is 26.0 Å². The fraction of sp³-hybridized carbons (Fsp3) is 0.533. The van der Waals surface area contributed by atoms with Crippen LogP contribution in [0.25, 0.3) is 0 Å². The van der Waals surface area contributed by atoms with Gasteiger partial charge < -0.3 is 5.32 Å². The highest BCUT2D eigenvalue weighted by Crippen LogP contribution is 2.15. The molecule has 1 heterocycles. The van der Waals surface area contributed by atoms with Gasteiger partial charge in [-0.2, -0.15) is 4.72 Å². The molecular formula is C15H22ClN3O5S2. The molecule has 11 heteroatoms. The topological polar surface area (TPSA) is 113 Å². The largest absolute Gasteiger partial charge is 0.351 e. The van der Waals surface area contributed by atoms with E-state index in [0.29, 0.717) is 24.4 Å². The fourth-order valence-electron chi connectivity index (χ4n) is 2.66. The monoisotopic (exact) mass is 423 g/mol. The quantitative estimate of drug-likeness (QED) is 0.693. The van der Waals surface area contributed by atoms with E-state index in [1.54, 1.807) is 0 Å². The number of hydrogen-bond acceptors (Lipinski definition) is 5. The van der Waals surface area contributed by atoms with E-state index in [1.165, 1.54) is 35.5 Å². The first-order valence-corrected chi connectivity index (χ1v) is 11.7. The highest BCUT2D eigenvalue weighted by Gasteiger charge is 2.29. The molecule has 0 spiro atoms. The number of sulfonamides is 2. The van der Waals surface area contributed by atoms with Crippen LogP contribution in [-0.2, 0) is 24.8 Å². The van der Waals surface area contributed by atoms with Crippen LogP contribution in [0.3, 0.4) is 0 Å². The van der Waals surface area contributed by atoms with Gasteiger partial charge in [0.05, 0.1) is 17.2 Å². The molecule has 2 rings (SSSR count). The summed E-state index contributed by atoms with van der Waals surface area (Å²) in [6.45, 7) is 2.03. The normalized spacial score (nSPS) is 20.5. The number of nitrogens with one attached hydrogen (secondary N) is 2. The van der Waals surface area contributed by atoms with Crippen molar-refractivity contribution < 1.29 is 21.6 Å². The zero-order valence-corrected chi connectivity index (χ0v) is 16.9. The molecule has 0 aromatic heterocycles. The molecule has 8 nitrogen and oxygen atoms in total. The Morgan fingerprint density at radius 1 is 1.23 bits per heavy atom. The Morgan fingerprint density at radius 3 is 2.42 bits per heavy atom. The molecule has 0 bridgehead atoms. The average Bonchev–Trinajstić information content (AvgIpc) is 2.54. The average molecular weight is 424 g/mol. The summed E-state index contributed by atoms with van der Waals surface area (Å²) in [5, 5.41) is 3.12. The molecule has 1 saturated heterocycles. The summed E-state index contributed by atoms with van der Waals surface area (Å²) in [5.41, 5.74) is 0. The molecule has 0 saturated carbocycles. The summed E-state index contributed by atoms with van der Waals surface area (Å²) >= 11 is 5.74. The van der Waals surface area contributed by atoms with E-state index in [9.17, 15) is 21.6 Å². The third-order valence-corrected chi connectivity index (χ3v) is 7.13. The van der Waals surface area contributed by atoms with Gasteiger partial charge in [-0.3, -0.25) is 4.79 Å². The van der Waals surface area contributed by atoms with Crippen molar-refractivity contribution in [2.45, 2.75) is 36.7 Å². The van der Waals surface area contributed by atoms with Crippen molar-refractivity contribution in [2.75, 3.05) is 19.3 Å². The van der Waals surface area contributed by atoms with Crippen LogP contribution in [0, 0.1) is 0 Å². The van der Waals surface area contributed by atoms with Crippen molar-refractivity contribution in [3.05, 3.63) is 29.3 Å². The first-order valence-electron chi connectivity index (χ1n) is 8.02. The molecule has 0 aliphatic carbocycles. The Labute approximate surface area is 159 Å². The Morgan fingerprint density at radius 2 is 1.85 bits per heavy atom. The van der Waals surface area contributed by atoms with Gasteiger partial charge in [-0.1, -0.05) is 11.6 Å². The molecule has 26 heavy (non-hydrogen) atoms. The minimum Gasteiger partial charge on any atom is -0.351 e. The van der Waals surface area contributed by atoms with Gasteiger partial charge in [0, 0.05) is 24.2 Å². The van der Waals surface area contributed by atoms with E-state index in [2.05, 4.69) is 10.0 Å². The van der Waals surface area contributed by atoms with Crippen LogP contribution in [0.15, 0.2) is 29.2 Å². The second kappa shape index (κ2) is 8.22. The van der Waals surface area contributed by atoms with Gasteiger partial charge in [0.25, 0.3) is 0 Å². The van der Waals surface area contributed by atoms with Crippen molar-refractivity contribution in [3.63, 3.8) is 0 Å². The van der Waals surface area contributed by atoms with Crippen molar-refractivity contribution in [2.24, 2.45) is 0 Å². The van der Waals surface area contributed by atoms with Crippen LogP contribution < -0.4 is 10.0 Å². The lowest BCUT2D eigenvalue weighted by Crippen LogP contribution is -2.53. The number of halogens is 1. The number of amides is 1. The van der Waals surface area contributed by atoms with E-state index in [1.807, 2.05) is 0 Å². The number of carbonyl (C=O) groups is 1. The first-order chi connectivity index (χ1) is 12.0. The molecule has 2 atom stereocenters. The van der Waals surface area contributed by atoms with E-state index in [4.69, 9.17) is 11.6 Å². The minimum absolute atomic E-state index is 0.00229. The Kier molecular flexibility index (Phi) is 6.67. The molecule has 1 aromatic rings. The van der Waals surface area contributed by atoms with Gasteiger partial charge >= 0.3 is 0 Å². The van der Waals surface area contributed by atoms with E-state index in [-0.39, 0.29) is 17.5 Å².